The molecule has 1 aromatic rings. The van der Waals surface area contributed by atoms with Crippen LogP contribution in [0, 0.1) is 0 Å². The van der Waals surface area contributed by atoms with Crippen molar-refractivity contribution in [3.05, 3.63) is 24.3 Å². The summed E-state index contributed by atoms with van der Waals surface area (Å²) < 4.78 is 11.6. The minimum absolute atomic E-state index is 0.207. The third-order valence-electron chi connectivity index (χ3n) is 4.07. The second-order valence-corrected chi connectivity index (χ2v) is 8.29. The fourth-order valence-corrected chi connectivity index (χ4v) is 2.59. The molecule has 1 atom stereocenters. The molecule has 32 heavy (non-hydrogen) atoms. The first kappa shape index (κ1) is 29.5. The number of carbonyl (C=O) groups is 2. The number of para-hydroxylation sites is 2. The Morgan fingerprint density at radius 1 is 0.969 bits per heavy atom. The SMILES string of the molecule is CCCCCCOc1ccccc1OCCCCNC(=O)N[C@H](C)CC(=O)[O-].C[NH+](C)C. The number of amides is 2. The Morgan fingerprint density at radius 3 is 2.00 bits per heavy atom. The van der Waals surface area contributed by atoms with Gasteiger partial charge in [-0.25, -0.2) is 4.79 Å². The molecular weight excluding hydrogens is 410 g/mol. The number of benzene rings is 1. The minimum Gasteiger partial charge on any atom is -0.550 e. The van der Waals surface area contributed by atoms with Crippen molar-refractivity contribution in [1.82, 2.24) is 10.6 Å². The van der Waals surface area contributed by atoms with E-state index < -0.39 is 12.0 Å². The fourth-order valence-electron chi connectivity index (χ4n) is 2.59. The van der Waals surface area contributed by atoms with E-state index in [9.17, 15) is 14.7 Å². The highest BCUT2D eigenvalue weighted by molar-refractivity contribution is 5.75. The molecule has 1 rings (SSSR count). The summed E-state index contributed by atoms with van der Waals surface area (Å²) in [5.41, 5.74) is 0. The van der Waals surface area contributed by atoms with Crippen molar-refractivity contribution >= 4 is 12.0 Å². The van der Waals surface area contributed by atoms with Gasteiger partial charge in [0, 0.05) is 25.0 Å². The summed E-state index contributed by atoms with van der Waals surface area (Å²) in [5, 5.41) is 15.7. The maximum absolute atomic E-state index is 11.6. The van der Waals surface area contributed by atoms with E-state index in [0.29, 0.717) is 19.8 Å². The number of aliphatic carboxylic acids is 1. The molecule has 8 nitrogen and oxygen atoms in total. The molecule has 0 saturated heterocycles. The van der Waals surface area contributed by atoms with E-state index >= 15 is 0 Å². The van der Waals surface area contributed by atoms with Crippen LogP contribution in [0.3, 0.4) is 0 Å². The zero-order chi connectivity index (χ0) is 24.2. The molecule has 0 spiro atoms. The lowest BCUT2D eigenvalue weighted by atomic mass is 10.2. The summed E-state index contributed by atoms with van der Waals surface area (Å²) in [4.78, 5) is 23.5. The second kappa shape index (κ2) is 19.2. The van der Waals surface area contributed by atoms with Crippen LogP contribution in [-0.2, 0) is 4.79 Å². The summed E-state index contributed by atoms with van der Waals surface area (Å²) in [6, 6.07) is 6.81. The van der Waals surface area contributed by atoms with Gasteiger partial charge in [-0.2, -0.15) is 0 Å². The molecule has 0 aromatic heterocycles. The number of hydrogen-bond donors (Lipinski definition) is 3. The molecule has 0 aliphatic carbocycles. The van der Waals surface area contributed by atoms with Crippen LogP contribution in [0.25, 0.3) is 0 Å². The van der Waals surface area contributed by atoms with Crippen LogP contribution >= 0.6 is 0 Å². The van der Waals surface area contributed by atoms with Gasteiger partial charge in [-0.05, 0) is 38.3 Å². The number of quaternary nitrogens is 1. The van der Waals surface area contributed by atoms with Crippen molar-refractivity contribution in [2.75, 3.05) is 40.9 Å². The Morgan fingerprint density at radius 2 is 1.50 bits per heavy atom. The Balaban J connectivity index is 0.00000220. The highest BCUT2D eigenvalue weighted by Crippen LogP contribution is 2.26. The molecule has 2 amide bonds. The van der Waals surface area contributed by atoms with Gasteiger partial charge in [0.15, 0.2) is 11.5 Å². The van der Waals surface area contributed by atoms with E-state index in [1.807, 2.05) is 24.3 Å². The summed E-state index contributed by atoms with van der Waals surface area (Å²) in [6.45, 7) is 5.51. The minimum atomic E-state index is -1.19. The molecule has 8 heteroatoms. The summed E-state index contributed by atoms with van der Waals surface area (Å²) >= 11 is 0. The first-order chi connectivity index (χ1) is 15.3. The van der Waals surface area contributed by atoms with Gasteiger partial charge in [0.2, 0.25) is 0 Å². The molecular formula is C24H43N3O5. The smallest absolute Gasteiger partial charge is 0.315 e. The third kappa shape index (κ3) is 18.3. The van der Waals surface area contributed by atoms with Crippen LogP contribution in [0.5, 0.6) is 11.5 Å². The van der Waals surface area contributed by atoms with E-state index in [1.165, 1.54) is 24.2 Å². The van der Waals surface area contributed by atoms with Crippen molar-refractivity contribution < 1.29 is 29.1 Å². The highest BCUT2D eigenvalue weighted by Gasteiger charge is 2.07. The maximum atomic E-state index is 11.6. The van der Waals surface area contributed by atoms with Crippen molar-refractivity contribution in [3.63, 3.8) is 0 Å². The topological polar surface area (TPSA) is 104 Å². The van der Waals surface area contributed by atoms with Crippen molar-refractivity contribution in [1.29, 1.82) is 0 Å². The molecule has 0 aliphatic rings. The fraction of sp³-hybridized carbons (Fsp3) is 0.667. The normalized spacial score (nSPS) is 11.2. The quantitative estimate of drug-likeness (QED) is 0.348. The standard InChI is InChI=1S/C21H34N2O5.C3H9N/c1-3-4-5-9-14-27-18-11-6-7-12-19(18)28-15-10-8-13-22-21(26)23-17(2)16-20(24)25;1-4(2)3/h6-7,11-12,17H,3-5,8-10,13-16H2,1-2H3,(H,24,25)(H2,22,23,26);1-3H3/t17-;/m1./s1. The number of hydrogen-bond acceptors (Lipinski definition) is 5. The van der Waals surface area contributed by atoms with Gasteiger partial charge in [-0.3, -0.25) is 0 Å². The number of urea groups is 1. The third-order valence-corrected chi connectivity index (χ3v) is 4.07. The average molecular weight is 454 g/mol. The largest absolute Gasteiger partial charge is 0.550 e. The van der Waals surface area contributed by atoms with Gasteiger partial charge in [0.25, 0.3) is 0 Å². The van der Waals surface area contributed by atoms with E-state index in [2.05, 4.69) is 38.7 Å². The van der Waals surface area contributed by atoms with Crippen LogP contribution in [-0.4, -0.2) is 58.9 Å². The molecule has 0 heterocycles. The van der Waals surface area contributed by atoms with E-state index in [0.717, 1.165) is 30.8 Å². The number of carbonyl (C=O) groups excluding carboxylic acids is 2. The molecule has 3 N–H and O–H groups in total. The molecule has 1 aromatic carbocycles. The number of carboxylic acids is 1. The zero-order valence-corrected chi connectivity index (χ0v) is 20.5. The van der Waals surface area contributed by atoms with E-state index in [1.54, 1.807) is 6.92 Å². The molecule has 0 bridgehead atoms. The van der Waals surface area contributed by atoms with Crippen LogP contribution in [0.2, 0.25) is 0 Å². The van der Waals surface area contributed by atoms with Crippen LogP contribution in [0.15, 0.2) is 24.3 Å². The Labute approximate surface area is 193 Å². The van der Waals surface area contributed by atoms with Gasteiger partial charge < -0.3 is 34.9 Å². The first-order valence-corrected chi connectivity index (χ1v) is 11.6. The predicted molar refractivity (Wildman–Crippen MR) is 125 cm³/mol. The maximum Gasteiger partial charge on any atom is 0.315 e. The Kier molecular flexibility index (Phi) is 17.7. The van der Waals surface area contributed by atoms with Crippen LogP contribution < -0.4 is 30.1 Å². The number of unbranched alkanes of at least 4 members (excludes halogenated alkanes) is 4. The van der Waals surface area contributed by atoms with Crippen LogP contribution in [0.4, 0.5) is 4.79 Å². The number of rotatable bonds is 15. The first-order valence-electron chi connectivity index (χ1n) is 11.6. The van der Waals surface area contributed by atoms with Crippen molar-refractivity contribution in [2.45, 2.75) is 64.8 Å². The number of carboxylic acid groups (broad SMARTS) is 1. The van der Waals surface area contributed by atoms with E-state index in [4.69, 9.17) is 9.47 Å². The summed E-state index contributed by atoms with van der Waals surface area (Å²) in [7, 11) is 6.25. The lowest BCUT2D eigenvalue weighted by molar-refractivity contribution is -0.836. The predicted octanol–water partition coefficient (Wildman–Crippen LogP) is 1.39. The number of nitrogens with one attached hydrogen (secondary N) is 3. The van der Waals surface area contributed by atoms with Crippen molar-refractivity contribution in [3.8, 4) is 11.5 Å². The molecule has 0 fully saturated rings. The lowest BCUT2D eigenvalue weighted by Gasteiger charge is -2.15. The molecule has 0 saturated carbocycles. The zero-order valence-electron chi connectivity index (χ0n) is 20.5. The highest BCUT2D eigenvalue weighted by atomic mass is 16.5. The Hall–Kier alpha value is -2.48. The Bertz CT molecular complexity index is 623. The molecule has 0 unspecified atom stereocenters. The monoisotopic (exact) mass is 453 g/mol. The van der Waals surface area contributed by atoms with Gasteiger partial charge in [0.05, 0.1) is 34.4 Å². The van der Waals surface area contributed by atoms with Gasteiger partial charge in [-0.1, -0.05) is 38.3 Å². The molecule has 0 radical (unpaired) electrons. The van der Waals surface area contributed by atoms with Gasteiger partial charge in [0.1, 0.15) is 0 Å². The molecule has 0 aliphatic heterocycles. The van der Waals surface area contributed by atoms with Crippen molar-refractivity contribution in [2.24, 2.45) is 0 Å². The summed E-state index contributed by atoms with van der Waals surface area (Å²) in [6.07, 6.45) is 5.96. The lowest BCUT2D eigenvalue weighted by Crippen LogP contribution is -3.02. The van der Waals surface area contributed by atoms with E-state index in [-0.39, 0.29) is 12.5 Å². The van der Waals surface area contributed by atoms with Gasteiger partial charge in [-0.15, -0.1) is 0 Å². The second-order valence-electron chi connectivity index (χ2n) is 8.29. The molecule has 184 valence electrons. The van der Waals surface area contributed by atoms with Crippen LogP contribution in [0.1, 0.15) is 58.8 Å². The summed E-state index contributed by atoms with van der Waals surface area (Å²) in [5.74, 6) is 0.313. The number of ether oxygens (including phenoxy) is 2. The average Bonchev–Trinajstić information content (AvgIpc) is 2.70. The van der Waals surface area contributed by atoms with Gasteiger partial charge >= 0.3 is 6.03 Å².